The van der Waals surface area contributed by atoms with Crippen LogP contribution in [0.1, 0.15) is 82.3 Å². The molecule has 0 saturated carbocycles. The Kier molecular flexibility index (Phi) is 6.83. The van der Waals surface area contributed by atoms with E-state index in [0.717, 1.165) is 16.7 Å². The number of rotatable bonds is 7. The molecule has 0 aliphatic carbocycles. The van der Waals surface area contributed by atoms with Gasteiger partial charge in [0, 0.05) is 23.3 Å². The molecule has 3 unspecified atom stereocenters. The van der Waals surface area contributed by atoms with E-state index in [2.05, 4.69) is 62.4 Å². The summed E-state index contributed by atoms with van der Waals surface area (Å²) < 4.78 is 0. The fourth-order valence-corrected chi connectivity index (χ4v) is 4.54. The molecule has 4 aromatic rings. The van der Waals surface area contributed by atoms with Crippen LogP contribution in [0.4, 0.5) is 0 Å². The summed E-state index contributed by atoms with van der Waals surface area (Å²) in [5.41, 5.74) is 6.07. The Bertz CT molecular complexity index is 1260. The number of carboxylic acids is 1. The molecule has 3 atom stereocenters. The maximum Gasteiger partial charge on any atom is 0.339 e. The molecule has 3 nitrogen and oxygen atoms in total. The van der Waals surface area contributed by atoms with Gasteiger partial charge in [-0.3, -0.25) is 0 Å². The summed E-state index contributed by atoms with van der Waals surface area (Å²) in [7, 11) is 0. The van der Waals surface area contributed by atoms with Gasteiger partial charge in [0.05, 0.1) is 0 Å². The molecular weight excluding hydrogens is 420 g/mol. The standard InChI is InChI=1S/C31H30O3/c1-20(23-10-6-4-7-11-23)25-14-16-26(17-15-25)21(2)27-18-28(30(32)29(19-27)31(33)34)22(3)24-12-8-5-9-13-24/h4-22,32H,1-3H3,(H,33,34). The summed E-state index contributed by atoms with van der Waals surface area (Å²) in [6, 6.07) is 32.3. The van der Waals surface area contributed by atoms with Crippen molar-refractivity contribution in [1.82, 2.24) is 0 Å². The van der Waals surface area contributed by atoms with Gasteiger partial charge in [-0.1, -0.05) is 112 Å². The van der Waals surface area contributed by atoms with Gasteiger partial charge in [0.2, 0.25) is 0 Å². The molecule has 0 fully saturated rings. The molecule has 172 valence electrons. The van der Waals surface area contributed by atoms with Crippen molar-refractivity contribution < 1.29 is 15.0 Å². The van der Waals surface area contributed by atoms with Gasteiger partial charge in [-0.15, -0.1) is 0 Å². The second-order valence-corrected chi connectivity index (χ2v) is 8.96. The lowest BCUT2D eigenvalue weighted by Crippen LogP contribution is -2.07. The van der Waals surface area contributed by atoms with Gasteiger partial charge in [-0.25, -0.2) is 4.79 Å². The van der Waals surface area contributed by atoms with Gasteiger partial charge in [0.15, 0.2) is 0 Å². The molecule has 0 aliphatic rings. The number of carbonyl (C=O) groups is 1. The van der Waals surface area contributed by atoms with Crippen LogP contribution in [0, 0.1) is 0 Å². The highest BCUT2D eigenvalue weighted by atomic mass is 16.4. The predicted molar refractivity (Wildman–Crippen MR) is 137 cm³/mol. The van der Waals surface area contributed by atoms with E-state index in [1.54, 1.807) is 6.07 Å². The fraction of sp³-hybridized carbons (Fsp3) is 0.194. The van der Waals surface area contributed by atoms with E-state index in [1.165, 1.54) is 11.1 Å². The quantitative estimate of drug-likeness (QED) is 0.306. The van der Waals surface area contributed by atoms with Crippen molar-refractivity contribution in [2.45, 2.75) is 38.5 Å². The summed E-state index contributed by atoms with van der Waals surface area (Å²) in [6.07, 6.45) is 0. The molecule has 0 bridgehead atoms. The Morgan fingerprint density at radius 2 is 1.00 bits per heavy atom. The predicted octanol–water partition coefficient (Wildman–Crippen LogP) is 7.55. The second-order valence-electron chi connectivity index (χ2n) is 8.96. The van der Waals surface area contributed by atoms with Crippen molar-refractivity contribution >= 4 is 5.97 Å². The first-order valence-electron chi connectivity index (χ1n) is 11.7. The van der Waals surface area contributed by atoms with Crippen molar-refractivity contribution in [3.63, 3.8) is 0 Å². The fourth-order valence-electron chi connectivity index (χ4n) is 4.54. The zero-order chi connectivity index (χ0) is 24.2. The van der Waals surface area contributed by atoms with E-state index in [9.17, 15) is 15.0 Å². The number of aromatic hydroxyl groups is 1. The highest BCUT2D eigenvalue weighted by molar-refractivity contribution is 5.91. The number of hydrogen-bond donors (Lipinski definition) is 2. The molecule has 0 spiro atoms. The van der Waals surface area contributed by atoms with E-state index in [1.807, 2.05) is 49.4 Å². The van der Waals surface area contributed by atoms with Crippen molar-refractivity contribution in [2.24, 2.45) is 0 Å². The van der Waals surface area contributed by atoms with Crippen LogP contribution >= 0.6 is 0 Å². The third kappa shape index (κ3) is 4.74. The minimum atomic E-state index is -1.12. The maximum absolute atomic E-state index is 11.9. The zero-order valence-corrected chi connectivity index (χ0v) is 19.8. The zero-order valence-electron chi connectivity index (χ0n) is 19.8. The van der Waals surface area contributed by atoms with Crippen LogP contribution < -0.4 is 0 Å². The number of carboxylic acid groups (broad SMARTS) is 1. The van der Waals surface area contributed by atoms with E-state index < -0.39 is 5.97 Å². The van der Waals surface area contributed by atoms with E-state index in [0.29, 0.717) is 5.56 Å². The molecule has 0 heterocycles. The first-order valence-corrected chi connectivity index (χ1v) is 11.7. The van der Waals surface area contributed by atoms with E-state index in [-0.39, 0.29) is 29.1 Å². The van der Waals surface area contributed by atoms with E-state index >= 15 is 0 Å². The molecule has 0 amide bonds. The molecule has 34 heavy (non-hydrogen) atoms. The number of phenols is 1. The molecule has 4 rings (SSSR count). The number of hydrogen-bond acceptors (Lipinski definition) is 2. The smallest absolute Gasteiger partial charge is 0.339 e. The normalized spacial score (nSPS) is 13.7. The van der Waals surface area contributed by atoms with Crippen LogP contribution in [0.15, 0.2) is 97.1 Å². The van der Waals surface area contributed by atoms with Crippen LogP contribution in [0.2, 0.25) is 0 Å². The largest absolute Gasteiger partial charge is 0.507 e. The SMILES string of the molecule is CC(c1ccccc1)c1ccc(C(C)c2cc(C(=O)O)c(O)c(C(C)c3ccccc3)c2)cc1. The third-order valence-electron chi connectivity index (χ3n) is 6.89. The Labute approximate surface area is 201 Å². The maximum atomic E-state index is 11.9. The van der Waals surface area contributed by atoms with Crippen LogP contribution in [-0.4, -0.2) is 16.2 Å². The summed E-state index contributed by atoms with van der Waals surface area (Å²) in [5.74, 6) is -1.16. The third-order valence-corrected chi connectivity index (χ3v) is 6.89. The topological polar surface area (TPSA) is 57.5 Å². The van der Waals surface area contributed by atoms with Gasteiger partial charge < -0.3 is 10.2 Å². The molecule has 0 aliphatic heterocycles. The average molecular weight is 451 g/mol. The lowest BCUT2D eigenvalue weighted by atomic mass is 9.84. The van der Waals surface area contributed by atoms with Gasteiger partial charge in [-0.2, -0.15) is 0 Å². The van der Waals surface area contributed by atoms with Crippen molar-refractivity contribution in [1.29, 1.82) is 0 Å². The first-order chi connectivity index (χ1) is 16.4. The van der Waals surface area contributed by atoms with Crippen LogP contribution in [0.25, 0.3) is 0 Å². The summed E-state index contributed by atoms with van der Waals surface area (Å²) in [6.45, 7) is 6.26. The molecular formula is C31H30O3. The van der Waals surface area contributed by atoms with Crippen molar-refractivity contribution in [2.75, 3.05) is 0 Å². The minimum absolute atomic E-state index is 0.0264. The Morgan fingerprint density at radius 1 is 0.588 bits per heavy atom. The van der Waals surface area contributed by atoms with E-state index in [4.69, 9.17) is 0 Å². The summed E-state index contributed by atoms with van der Waals surface area (Å²) >= 11 is 0. The Morgan fingerprint density at radius 3 is 1.47 bits per heavy atom. The van der Waals surface area contributed by atoms with Crippen molar-refractivity contribution in [3.8, 4) is 5.75 Å². The van der Waals surface area contributed by atoms with Gasteiger partial charge in [-0.05, 0) is 33.9 Å². The minimum Gasteiger partial charge on any atom is -0.507 e. The van der Waals surface area contributed by atoms with Crippen LogP contribution in [-0.2, 0) is 0 Å². The van der Waals surface area contributed by atoms with Crippen LogP contribution in [0.3, 0.4) is 0 Å². The van der Waals surface area contributed by atoms with Gasteiger partial charge >= 0.3 is 5.97 Å². The molecule has 0 saturated heterocycles. The second kappa shape index (κ2) is 9.96. The van der Waals surface area contributed by atoms with Gasteiger partial charge in [0.1, 0.15) is 11.3 Å². The lowest BCUT2D eigenvalue weighted by Gasteiger charge is -2.21. The Balaban J connectivity index is 1.68. The van der Waals surface area contributed by atoms with Crippen LogP contribution in [0.5, 0.6) is 5.75 Å². The molecule has 4 aromatic carbocycles. The molecule has 0 aromatic heterocycles. The number of benzene rings is 4. The highest BCUT2D eigenvalue weighted by Gasteiger charge is 2.22. The number of aromatic carboxylic acids is 1. The van der Waals surface area contributed by atoms with Crippen molar-refractivity contribution in [3.05, 3.63) is 136 Å². The Hall–Kier alpha value is -3.85. The monoisotopic (exact) mass is 450 g/mol. The highest BCUT2D eigenvalue weighted by Crippen LogP contribution is 2.38. The first kappa shape index (κ1) is 23.3. The lowest BCUT2D eigenvalue weighted by molar-refractivity contribution is 0.0693. The molecule has 0 radical (unpaired) electrons. The average Bonchev–Trinajstić information content (AvgIpc) is 2.88. The molecule has 3 heteroatoms. The van der Waals surface area contributed by atoms with Gasteiger partial charge in [0.25, 0.3) is 0 Å². The summed E-state index contributed by atoms with van der Waals surface area (Å²) in [5, 5.41) is 20.6. The molecule has 2 N–H and O–H groups in total. The summed E-state index contributed by atoms with van der Waals surface area (Å²) in [4.78, 5) is 11.9.